The molecule has 4 rings (SSSR count). The van der Waals surface area contributed by atoms with Crippen LogP contribution in [0.4, 0.5) is 0 Å². The highest BCUT2D eigenvalue weighted by Gasteiger charge is 2.33. The molecule has 8 heteroatoms. The van der Waals surface area contributed by atoms with Crippen molar-refractivity contribution in [2.24, 2.45) is 0 Å². The molecule has 26 heavy (non-hydrogen) atoms. The highest BCUT2D eigenvalue weighted by Crippen LogP contribution is 2.26. The van der Waals surface area contributed by atoms with Gasteiger partial charge in [0.15, 0.2) is 5.82 Å². The van der Waals surface area contributed by atoms with Gasteiger partial charge in [-0.05, 0) is 32.4 Å². The number of aromatic nitrogens is 5. The Morgan fingerprint density at radius 2 is 2.19 bits per heavy atom. The first kappa shape index (κ1) is 16.7. The summed E-state index contributed by atoms with van der Waals surface area (Å²) in [6.45, 7) is 4.99. The average Bonchev–Trinajstić information content (AvgIpc) is 3.31. The molecule has 3 heterocycles. The zero-order valence-electron chi connectivity index (χ0n) is 14.9. The Morgan fingerprint density at radius 3 is 3.00 bits per heavy atom. The predicted octanol–water partition coefficient (Wildman–Crippen LogP) is 1.81. The summed E-state index contributed by atoms with van der Waals surface area (Å²) in [5.74, 6) is 2.25. The molecule has 2 atom stereocenters. The van der Waals surface area contributed by atoms with E-state index in [9.17, 15) is 4.79 Å². The fourth-order valence-corrected chi connectivity index (χ4v) is 3.45. The number of rotatable bonds is 5. The van der Waals surface area contributed by atoms with Gasteiger partial charge in [-0.2, -0.15) is 5.10 Å². The third kappa shape index (κ3) is 3.20. The number of nitrogens with one attached hydrogen (secondary N) is 2. The van der Waals surface area contributed by atoms with E-state index in [1.165, 1.54) is 0 Å². The summed E-state index contributed by atoms with van der Waals surface area (Å²) >= 11 is 0. The van der Waals surface area contributed by atoms with E-state index < -0.39 is 0 Å². The lowest BCUT2D eigenvalue weighted by Gasteiger charge is -2.17. The number of fused-ring (bicyclic) bond motifs is 1. The van der Waals surface area contributed by atoms with Gasteiger partial charge in [0.1, 0.15) is 17.8 Å². The molecule has 2 aromatic heterocycles. The molecule has 2 N–H and O–H groups in total. The number of benzene rings is 1. The van der Waals surface area contributed by atoms with Crippen LogP contribution in [0, 0.1) is 13.8 Å². The predicted molar refractivity (Wildman–Crippen MR) is 95.4 cm³/mol. The van der Waals surface area contributed by atoms with Crippen molar-refractivity contribution in [2.75, 3.05) is 6.61 Å². The average molecular weight is 354 g/mol. The molecule has 1 saturated heterocycles. The van der Waals surface area contributed by atoms with Crippen molar-refractivity contribution in [3.8, 4) is 0 Å². The van der Waals surface area contributed by atoms with Crippen LogP contribution in [0.25, 0.3) is 11.0 Å². The summed E-state index contributed by atoms with van der Waals surface area (Å²) in [5, 5.41) is 10.1. The minimum Gasteiger partial charge on any atom is -0.368 e. The van der Waals surface area contributed by atoms with Gasteiger partial charge in [0.2, 0.25) is 5.91 Å². The van der Waals surface area contributed by atoms with E-state index in [4.69, 9.17) is 4.74 Å². The quantitative estimate of drug-likeness (QED) is 0.728. The van der Waals surface area contributed by atoms with Crippen LogP contribution in [-0.4, -0.2) is 43.3 Å². The number of aryl methyl sites for hydroxylation is 3. The molecule has 1 amide bonds. The minimum absolute atomic E-state index is 0.00469. The summed E-state index contributed by atoms with van der Waals surface area (Å²) in [6.07, 6.45) is 0.855. The summed E-state index contributed by atoms with van der Waals surface area (Å²) in [5.41, 5.74) is 2.01. The third-order valence-electron chi connectivity index (χ3n) is 4.71. The molecule has 1 fully saturated rings. The molecule has 0 unspecified atom stereocenters. The maximum absolute atomic E-state index is 12.5. The largest absolute Gasteiger partial charge is 0.368 e. The van der Waals surface area contributed by atoms with Crippen LogP contribution in [0.15, 0.2) is 24.3 Å². The molecule has 0 saturated carbocycles. The topological polar surface area (TPSA) is 97.7 Å². The minimum atomic E-state index is -0.292. The highest BCUT2D eigenvalue weighted by molar-refractivity contribution is 5.78. The lowest BCUT2D eigenvalue weighted by Crippen LogP contribution is -2.37. The summed E-state index contributed by atoms with van der Waals surface area (Å²) < 4.78 is 7.80. The Labute approximate surface area is 151 Å². The Balaban J connectivity index is 1.40. The standard InChI is InChI=1S/C18H22N6O2/c1-11-19-18(23-22-11)17-14(8-10-26-17)21-16(25)7-9-24-12(2)20-13-5-3-4-6-15(13)24/h3-6,14,17H,7-10H2,1-2H3,(H,21,25)(H,19,22,23)/t14-,17+/m0/s1. The van der Waals surface area contributed by atoms with Crippen molar-refractivity contribution < 1.29 is 9.53 Å². The van der Waals surface area contributed by atoms with Crippen LogP contribution in [0.1, 0.15) is 36.4 Å². The molecular formula is C18H22N6O2. The van der Waals surface area contributed by atoms with Crippen molar-refractivity contribution in [2.45, 2.75) is 45.4 Å². The van der Waals surface area contributed by atoms with Crippen molar-refractivity contribution in [3.63, 3.8) is 0 Å². The third-order valence-corrected chi connectivity index (χ3v) is 4.71. The number of carbonyl (C=O) groups excluding carboxylic acids is 1. The molecule has 0 radical (unpaired) electrons. The van der Waals surface area contributed by atoms with Gasteiger partial charge in [-0.1, -0.05) is 12.1 Å². The molecule has 3 aromatic rings. The van der Waals surface area contributed by atoms with Gasteiger partial charge in [-0.15, -0.1) is 0 Å². The lowest BCUT2D eigenvalue weighted by atomic mass is 10.1. The fourth-order valence-electron chi connectivity index (χ4n) is 3.45. The number of aromatic amines is 1. The first-order valence-corrected chi connectivity index (χ1v) is 8.83. The number of carbonyl (C=O) groups is 1. The smallest absolute Gasteiger partial charge is 0.222 e. The number of amides is 1. The van der Waals surface area contributed by atoms with Gasteiger partial charge in [-0.25, -0.2) is 9.97 Å². The molecule has 8 nitrogen and oxygen atoms in total. The van der Waals surface area contributed by atoms with E-state index >= 15 is 0 Å². The normalized spacial score (nSPS) is 19.9. The van der Waals surface area contributed by atoms with E-state index in [-0.39, 0.29) is 18.1 Å². The number of hydrogen-bond donors (Lipinski definition) is 2. The van der Waals surface area contributed by atoms with Crippen molar-refractivity contribution >= 4 is 16.9 Å². The first-order valence-electron chi connectivity index (χ1n) is 8.83. The van der Waals surface area contributed by atoms with Crippen LogP contribution in [0.5, 0.6) is 0 Å². The number of hydrogen-bond acceptors (Lipinski definition) is 5. The fraction of sp³-hybridized carbons (Fsp3) is 0.444. The van der Waals surface area contributed by atoms with Crippen LogP contribution in [0.3, 0.4) is 0 Å². The maximum atomic E-state index is 12.5. The molecule has 136 valence electrons. The van der Waals surface area contributed by atoms with Crippen molar-refractivity contribution in [1.29, 1.82) is 0 Å². The Hall–Kier alpha value is -2.74. The van der Waals surface area contributed by atoms with E-state index in [1.807, 2.05) is 38.1 Å². The monoisotopic (exact) mass is 354 g/mol. The summed E-state index contributed by atoms with van der Waals surface area (Å²) in [6, 6.07) is 7.87. The molecule has 0 bridgehead atoms. The first-order chi connectivity index (χ1) is 12.6. The summed E-state index contributed by atoms with van der Waals surface area (Å²) in [7, 11) is 0. The van der Waals surface area contributed by atoms with Gasteiger partial charge in [0, 0.05) is 19.6 Å². The molecule has 1 aromatic carbocycles. The van der Waals surface area contributed by atoms with E-state index in [0.29, 0.717) is 25.4 Å². The van der Waals surface area contributed by atoms with E-state index in [0.717, 1.165) is 29.1 Å². The van der Waals surface area contributed by atoms with Gasteiger partial charge >= 0.3 is 0 Å². The van der Waals surface area contributed by atoms with Gasteiger partial charge < -0.3 is 14.6 Å². The van der Waals surface area contributed by atoms with Crippen molar-refractivity contribution in [1.82, 2.24) is 30.0 Å². The highest BCUT2D eigenvalue weighted by atomic mass is 16.5. The summed E-state index contributed by atoms with van der Waals surface area (Å²) in [4.78, 5) is 21.3. The number of imidazole rings is 1. The van der Waals surface area contributed by atoms with Gasteiger partial charge in [0.05, 0.1) is 17.1 Å². The Morgan fingerprint density at radius 1 is 1.35 bits per heavy atom. The zero-order valence-corrected chi connectivity index (χ0v) is 14.9. The Bertz CT molecular complexity index is 931. The van der Waals surface area contributed by atoms with E-state index in [2.05, 4.69) is 30.0 Å². The van der Waals surface area contributed by atoms with Gasteiger partial charge in [0.25, 0.3) is 0 Å². The Kier molecular flexibility index (Phi) is 4.42. The number of ether oxygens (including phenoxy) is 1. The molecule has 1 aliphatic heterocycles. The number of nitrogens with zero attached hydrogens (tertiary/aromatic N) is 4. The number of H-pyrrole nitrogens is 1. The van der Waals surface area contributed by atoms with Crippen LogP contribution in [0.2, 0.25) is 0 Å². The lowest BCUT2D eigenvalue weighted by molar-refractivity contribution is -0.122. The molecule has 1 aliphatic rings. The second-order valence-corrected chi connectivity index (χ2v) is 6.58. The number of para-hydroxylation sites is 2. The van der Waals surface area contributed by atoms with Crippen LogP contribution >= 0.6 is 0 Å². The molecular weight excluding hydrogens is 332 g/mol. The molecule has 0 aliphatic carbocycles. The van der Waals surface area contributed by atoms with E-state index in [1.54, 1.807) is 0 Å². The second-order valence-electron chi connectivity index (χ2n) is 6.58. The SMILES string of the molecule is Cc1nc([C@@H]2OCC[C@@H]2NC(=O)CCn2c(C)nc3ccccc32)n[nH]1. The maximum Gasteiger partial charge on any atom is 0.222 e. The van der Waals surface area contributed by atoms with Crippen LogP contribution in [-0.2, 0) is 16.1 Å². The van der Waals surface area contributed by atoms with Gasteiger partial charge in [-0.3, -0.25) is 9.89 Å². The molecule has 0 spiro atoms. The van der Waals surface area contributed by atoms with Crippen molar-refractivity contribution in [3.05, 3.63) is 41.7 Å². The second kappa shape index (κ2) is 6.87. The zero-order chi connectivity index (χ0) is 18.1. The van der Waals surface area contributed by atoms with Crippen LogP contribution < -0.4 is 5.32 Å².